The van der Waals surface area contributed by atoms with Gasteiger partial charge in [0.2, 0.25) is 5.82 Å². The van der Waals surface area contributed by atoms with Crippen LogP contribution in [0.25, 0.3) is 11.4 Å². The minimum atomic E-state index is -0.366. The van der Waals surface area contributed by atoms with Crippen LogP contribution in [0, 0.1) is 11.3 Å². The molecule has 1 aromatic heterocycles. The van der Waals surface area contributed by atoms with E-state index in [9.17, 15) is 4.79 Å². The number of hydrogen-bond acceptors (Lipinski definition) is 5. The quantitative estimate of drug-likeness (QED) is 0.770. The summed E-state index contributed by atoms with van der Waals surface area (Å²) in [5.41, 5.74) is 1.90. The summed E-state index contributed by atoms with van der Waals surface area (Å²) in [7, 11) is 0. The van der Waals surface area contributed by atoms with Gasteiger partial charge < -0.3 is 5.32 Å². The Hall–Kier alpha value is -3.24. The summed E-state index contributed by atoms with van der Waals surface area (Å²) in [4.78, 5) is 12.3. The Bertz CT molecular complexity index is 901. The fourth-order valence-corrected chi connectivity index (χ4v) is 2.24. The summed E-state index contributed by atoms with van der Waals surface area (Å²) in [5.74, 6) is 0.0601. The third-order valence-corrected chi connectivity index (χ3v) is 3.23. The molecule has 0 atom stereocenters. The van der Waals surface area contributed by atoms with Crippen molar-refractivity contribution in [3.05, 3.63) is 58.6 Å². The fraction of sp³-hybridized carbons (Fsp3) is 0. The molecule has 0 spiro atoms. The molecular formula is C15H9ClN6O. The van der Waals surface area contributed by atoms with Crippen LogP contribution in [0.15, 0.2) is 42.5 Å². The number of rotatable bonds is 3. The normalized spacial score (nSPS) is 10.1. The van der Waals surface area contributed by atoms with Gasteiger partial charge in [-0.05, 0) is 35.5 Å². The first-order valence-electron chi connectivity index (χ1n) is 6.51. The molecule has 0 saturated carbocycles. The highest BCUT2D eigenvalue weighted by Gasteiger charge is 2.10. The Morgan fingerprint density at radius 2 is 2.13 bits per heavy atom. The largest absolute Gasteiger partial charge is 0.322 e. The van der Waals surface area contributed by atoms with E-state index in [1.54, 1.807) is 24.3 Å². The van der Waals surface area contributed by atoms with E-state index in [-0.39, 0.29) is 5.91 Å². The highest BCUT2D eigenvalue weighted by molar-refractivity contribution is 6.31. The maximum absolute atomic E-state index is 12.3. The number of anilines is 1. The molecule has 2 aromatic carbocycles. The Labute approximate surface area is 135 Å². The van der Waals surface area contributed by atoms with E-state index in [0.29, 0.717) is 33.2 Å². The summed E-state index contributed by atoms with van der Waals surface area (Å²) in [5, 5.41) is 25.6. The maximum atomic E-state index is 12.3. The number of nitrogens with zero attached hydrogens (tertiary/aromatic N) is 4. The lowest BCUT2D eigenvalue weighted by atomic mass is 10.1. The highest BCUT2D eigenvalue weighted by Crippen LogP contribution is 2.20. The van der Waals surface area contributed by atoms with Gasteiger partial charge in [0.1, 0.15) is 0 Å². The van der Waals surface area contributed by atoms with Gasteiger partial charge in [0.15, 0.2) is 0 Å². The lowest BCUT2D eigenvalue weighted by Crippen LogP contribution is -2.12. The van der Waals surface area contributed by atoms with Crippen LogP contribution in [-0.2, 0) is 0 Å². The predicted molar refractivity (Wildman–Crippen MR) is 83.7 cm³/mol. The second kappa shape index (κ2) is 6.25. The highest BCUT2D eigenvalue weighted by atomic mass is 35.5. The molecule has 0 fully saturated rings. The third-order valence-electron chi connectivity index (χ3n) is 3.01. The average molecular weight is 325 g/mol. The van der Waals surface area contributed by atoms with Crippen LogP contribution >= 0.6 is 11.6 Å². The first kappa shape index (κ1) is 14.7. The van der Waals surface area contributed by atoms with Crippen molar-refractivity contribution in [1.82, 2.24) is 20.6 Å². The number of nitriles is 1. The van der Waals surface area contributed by atoms with E-state index in [1.165, 1.54) is 18.2 Å². The van der Waals surface area contributed by atoms with Crippen LogP contribution in [-0.4, -0.2) is 26.5 Å². The van der Waals surface area contributed by atoms with Crippen molar-refractivity contribution < 1.29 is 4.79 Å². The van der Waals surface area contributed by atoms with Gasteiger partial charge in [-0.15, -0.1) is 10.2 Å². The second-order valence-electron chi connectivity index (χ2n) is 4.61. The van der Waals surface area contributed by atoms with Crippen LogP contribution in [0.4, 0.5) is 5.69 Å². The molecule has 23 heavy (non-hydrogen) atoms. The van der Waals surface area contributed by atoms with Crippen molar-refractivity contribution in [3.63, 3.8) is 0 Å². The zero-order chi connectivity index (χ0) is 16.2. The molecule has 7 nitrogen and oxygen atoms in total. The molecule has 8 heteroatoms. The lowest BCUT2D eigenvalue weighted by Gasteiger charge is -2.07. The molecule has 3 aromatic rings. The van der Waals surface area contributed by atoms with Gasteiger partial charge in [-0.3, -0.25) is 4.79 Å². The standard InChI is InChI=1S/C15H9ClN6O/c16-12-5-9(8-17)4-11(6-12)15(23)18-13-3-1-2-10(7-13)14-19-21-22-20-14/h1-7H,(H,18,23)(H,19,20,21,22). The van der Waals surface area contributed by atoms with E-state index in [0.717, 1.165) is 0 Å². The first-order valence-corrected chi connectivity index (χ1v) is 6.89. The average Bonchev–Trinajstić information content (AvgIpc) is 3.09. The summed E-state index contributed by atoms with van der Waals surface area (Å²) in [6, 6.07) is 13.5. The molecule has 112 valence electrons. The summed E-state index contributed by atoms with van der Waals surface area (Å²) in [6.07, 6.45) is 0. The van der Waals surface area contributed by atoms with Crippen LogP contribution < -0.4 is 5.32 Å². The number of benzene rings is 2. The summed E-state index contributed by atoms with van der Waals surface area (Å²) in [6.45, 7) is 0. The molecule has 0 unspecified atom stereocenters. The molecule has 2 N–H and O–H groups in total. The van der Waals surface area contributed by atoms with E-state index in [1.807, 2.05) is 6.07 Å². The van der Waals surface area contributed by atoms with Crippen molar-refractivity contribution in [1.29, 1.82) is 5.26 Å². The number of halogens is 1. The SMILES string of the molecule is N#Cc1cc(Cl)cc(C(=O)Nc2cccc(-c3nn[nH]n3)c2)c1. The molecular weight excluding hydrogens is 316 g/mol. The van der Waals surface area contributed by atoms with Crippen molar-refractivity contribution in [2.24, 2.45) is 0 Å². The summed E-state index contributed by atoms with van der Waals surface area (Å²) < 4.78 is 0. The number of carbonyl (C=O) groups is 1. The Morgan fingerprint density at radius 1 is 1.26 bits per heavy atom. The molecule has 0 aliphatic rings. The van der Waals surface area contributed by atoms with Crippen molar-refractivity contribution in [2.45, 2.75) is 0 Å². The molecule has 1 amide bonds. The maximum Gasteiger partial charge on any atom is 0.255 e. The first-order chi connectivity index (χ1) is 11.2. The number of tetrazole rings is 1. The number of amides is 1. The number of nitrogens with one attached hydrogen (secondary N) is 2. The van der Waals surface area contributed by atoms with Crippen molar-refractivity contribution >= 4 is 23.2 Å². The Kier molecular flexibility index (Phi) is 3.99. The van der Waals surface area contributed by atoms with Gasteiger partial charge in [-0.25, -0.2) is 0 Å². The van der Waals surface area contributed by atoms with Gasteiger partial charge in [-0.1, -0.05) is 23.7 Å². The lowest BCUT2D eigenvalue weighted by molar-refractivity contribution is 0.102. The van der Waals surface area contributed by atoms with E-state index < -0.39 is 0 Å². The molecule has 1 heterocycles. The fourth-order valence-electron chi connectivity index (χ4n) is 2.01. The van der Waals surface area contributed by atoms with Gasteiger partial charge in [0, 0.05) is 21.8 Å². The zero-order valence-corrected chi connectivity index (χ0v) is 12.4. The number of aromatic amines is 1. The van der Waals surface area contributed by atoms with Gasteiger partial charge >= 0.3 is 0 Å². The van der Waals surface area contributed by atoms with E-state index >= 15 is 0 Å². The molecule has 0 bridgehead atoms. The van der Waals surface area contributed by atoms with Crippen molar-refractivity contribution in [2.75, 3.05) is 5.32 Å². The zero-order valence-electron chi connectivity index (χ0n) is 11.6. The summed E-state index contributed by atoms with van der Waals surface area (Å²) >= 11 is 5.91. The minimum Gasteiger partial charge on any atom is -0.322 e. The molecule has 0 aliphatic heterocycles. The topological polar surface area (TPSA) is 107 Å². The van der Waals surface area contributed by atoms with Crippen LogP contribution in [0.3, 0.4) is 0 Å². The van der Waals surface area contributed by atoms with E-state index in [2.05, 4.69) is 25.9 Å². The molecule has 3 rings (SSSR count). The Morgan fingerprint density at radius 3 is 2.87 bits per heavy atom. The van der Waals surface area contributed by atoms with Crippen LogP contribution in [0.5, 0.6) is 0 Å². The number of aromatic nitrogens is 4. The van der Waals surface area contributed by atoms with Gasteiger partial charge in [-0.2, -0.15) is 10.5 Å². The molecule has 0 radical (unpaired) electrons. The monoisotopic (exact) mass is 324 g/mol. The van der Waals surface area contributed by atoms with E-state index in [4.69, 9.17) is 16.9 Å². The van der Waals surface area contributed by atoms with Gasteiger partial charge in [0.05, 0.1) is 11.6 Å². The number of H-pyrrole nitrogens is 1. The minimum absolute atomic E-state index is 0.305. The predicted octanol–water partition coefficient (Wildman–Crippen LogP) is 2.64. The number of carbonyl (C=O) groups excluding carboxylic acids is 1. The third kappa shape index (κ3) is 3.33. The van der Waals surface area contributed by atoms with Crippen LogP contribution in [0.1, 0.15) is 15.9 Å². The second-order valence-corrected chi connectivity index (χ2v) is 5.05. The Balaban J connectivity index is 1.85. The van der Waals surface area contributed by atoms with Crippen molar-refractivity contribution in [3.8, 4) is 17.5 Å². The van der Waals surface area contributed by atoms with Gasteiger partial charge in [0.25, 0.3) is 5.91 Å². The van der Waals surface area contributed by atoms with Crippen LogP contribution in [0.2, 0.25) is 5.02 Å². The number of hydrogen-bond donors (Lipinski definition) is 2. The molecule has 0 aliphatic carbocycles. The smallest absolute Gasteiger partial charge is 0.255 e. The molecule has 0 saturated heterocycles.